The molecule has 0 amide bonds. The summed E-state index contributed by atoms with van der Waals surface area (Å²) >= 11 is 0. The summed E-state index contributed by atoms with van der Waals surface area (Å²) in [6, 6.07) is 1.52. The largest absolute Gasteiger partial charge is 0.478 e. The number of hydrogen-bond acceptors (Lipinski definition) is 3. The molecule has 1 aromatic rings. The van der Waals surface area contributed by atoms with Gasteiger partial charge in [-0.3, -0.25) is 4.90 Å². The second-order valence-electron chi connectivity index (χ2n) is 5.50. The Morgan fingerprint density at radius 3 is 2.71 bits per heavy atom. The number of likely N-dealkylation sites (tertiary alicyclic amines) is 1. The Morgan fingerprint density at radius 2 is 2.12 bits per heavy atom. The summed E-state index contributed by atoms with van der Waals surface area (Å²) in [6.07, 6.45) is 3.75. The molecule has 94 valence electrons. The third kappa shape index (κ3) is 2.88. The van der Waals surface area contributed by atoms with E-state index >= 15 is 0 Å². The van der Waals surface area contributed by atoms with Crippen LogP contribution in [0.5, 0.6) is 0 Å². The van der Waals surface area contributed by atoms with Gasteiger partial charge in [0.2, 0.25) is 0 Å². The van der Waals surface area contributed by atoms with E-state index in [4.69, 9.17) is 9.52 Å². The lowest BCUT2D eigenvalue weighted by Crippen LogP contribution is -2.36. The maximum absolute atomic E-state index is 10.9. The van der Waals surface area contributed by atoms with Gasteiger partial charge in [0, 0.05) is 0 Å². The van der Waals surface area contributed by atoms with E-state index in [0.717, 1.165) is 25.9 Å². The lowest BCUT2D eigenvalue weighted by atomic mass is 9.82. The Labute approximate surface area is 101 Å². The first-order valence-corrected chi connectivity index (χ1v) is 6.00. The number of carboxylic acid groups (broad SMARTS) is 1. The van der Waals surface area contributed by atoms with Crippen LogP contribution >= 0.6 is 0 Å². The Morgan fingerprint density at radius 1 is 1.47 bits per heavy atom. The molecule has 0 aromatic carbocycles. The molecule has 1 aliphatic heterocycles. The van der Waals surface area contributed by atoms with Crippen molar-refractivity contribution in [2.24, 2.45) is 5.41 Å². The van der Waals surface area contributed by atoms with E-state index < -0.39 is 5.97 Å². The molecule has 0 bridgehead atoms. The molecule has 0 atom stereocenters. The van der Waals surface area contributed by atoms with Gasteiger partial charge in [0.15, 0.2) is 0 Å². The molecule has 0 saturated carbocycles. The van der Waals surface area contributed by atoms with Crippen LogP contribution in [0.15, 0.2) is 16.7 Å². The van der Waals surface area contributed by atoms with Gasteiger partial charge in [-0.15, -0.1) is 0 Å². The van der Waals surface area contributed by atoms with E-state index in [1.165, 1.54) is 12.3 Å². The van der Waals surface area contributed by atoms with Gasteiger partial charge < -0.3 is 9.52 Å². The standard InChI is InChI=1S/C13H19NO3/c1-13(2)4-6-14(7-5-13)9-11-10(12(15)16)3-8-17-11/h3,8H,4-7,9H2,1-2H3,(H,15,16). The highest BCUT2D eigenvalue weighted by molar-refractivity contribution is 5.88. The zero-order chi connectivity index (χ0) is 12.5. The molecule has 2 rings (SSSR count). The minimum absolute atomic E-state index is 0.287. The predicted octanol–water partition coefficient (Wildman–Crippen LogP) is 2.60. The minimum atomic E-state index is -0.911. The zero-order valence-electron chi connectivity index (χ0n) is 10.4. The van der Waals surface area contributed by atoms with Gasteiger partial charge in [-0.2, -0.15) is 0 Å². The van der Waals surface area contributed by atoms with Gasteiger partial charge in [-0.25, -0.2) is 4.79 Å². The van der Waals surface area contributed by atoms with Crippen molar-refractivity contribution in [3.63, 3.8) is 0 Å². The zero-order valence-corrected chi connectivity index (χ0v) is 10.4. The average Bonchev–Trinajstić information content (AvgIpc) is 2.69. The van der Waals surface area contributed by atoms with Crippen molar-refractivity contribution in [2.75, 3.05) is 13.1 Å². The van der Waals surface area contributed by atoms with Crippen LogP contribution in [0.2, 0.25) is 0 Å². The molecule has 4 nitrogen and oxygen atoms in total. The Kier molecular flexibility index (Phi) is 3.24. The van der Waals surface area contributed by atoms with E-state index in [1.54, 1.807) is 0 Å². The van der Waals surface area contributed by atoms with Gasteiger partial charge in [0.25, 0.3) is 0 Å². The van der Waals surface area contributed by atoms with E-state index in [0.29, 0.717) is 17.7 Å². The van der Waals surface area contributed by atoms with Crippen LogP contribution in [0.1, 0.15) is 42.8 Å². The van der Waals surface area contributed by atoms with Crippen molar-refractivity contribution in [1.29, 1.82) is 0 Å². The second-order valence-corrected chi connectivity index (χ2v) is 5.50. The first kappa shape index (κ1) is 12.2. The van der Waals surface area contributed by atoms with Gasteiger partial charge in [0.1, 0.15) is 11.3 Å². The first-order chi connectivity index (χ1) is 7.98. The Hall–Kier alpha value is -1.29. The average molecular weight is 237 g/mol. The summed E-state index contributed by atoms with van der Waals surface area (Å²) in [5.74, 6) is -0.344. The highest BCUT2D eigenvalue weighted by atomic mass is 16.4. The number of carboxylic acids is 1. The van der Waals surface area contributed by atoms with Crippen molar-refractivity contribution < 1.29 is 14.3 Å². The lowest BCUT2D eigenvalue weighted by Gasteiger charge is -2.36. The quantitative estimate of drug-likeness (QED) is 0.878. The normalized spacial score (nSPS) is 20.4. The van der Waals surface area contributed by atoms with Gasteiger partial charge in [-0.1, -0.05) is 13.8 Å². The van der Waals surface area contributed by atoms with Gasteiger partial charge in [-0.05, 0) is 37.4 Å². The van der Waals surface area contributed by atoms with Crippen LogP contribution in [0.25, 0.3) is 0 Å². The van der Waals surface area contributed by atoms with Gasteiger partial charge in [0.05, 0.1) is 12.8 Å². The molecule has 17 heavy (non-hydrogen) atoms. The number of hydrogen-bond donors (Lipinski definition) is 1. The number of nitrogens with zero attached hydrogens (tertiary/aromatic N) is 1. The summed E-state index contributed by atoms with van der Waals surface area (Å²) in [5.41, 5.74) is 0.699. The molecule has 1 N–H and O–H groups in total. The number of aromatic carboxylic acids is 1. The molecule has 4 heteroatoms. The fourth-order valence-electron chi connectivity index (χ4n) is 2.17. The fraction of sp³-hybridized carbons (Fsp3) is 0.615. The van der Waals surface area contributed by atoms with Crippen LogP contribution in [0.3, 0.4) is 0 Å². The summed E-state index contributed by atoms with van der Waals surface area (Å²) < 4.78 is 5.26. The van der Waals surface area contributed by atoms with Crippen LogP contribution in [0, 0.1) is 5.41 Å². The third-order valence-corrected chi connectivity index (χ3v) is 3.55. The van der Waals surface area contributed by atoms with Crippen LogP contribution in [-0.2, 0) is 6.54 Å². The van der Waals surface area contributed by atoms with Crippen molar-refractivity contribution in [3.05, 3.63) is 23.7 Å². The topological polar surface area (TPSA) is 53.7 Å². The molecule has 2 heterocycles. The number of piperidine rings is 1. The highest BCUT2D eigenvalue weighted by Crippen LogP contribution is 2.30. The summed E-state index contributed by atoms with van der Waals surface area (Å²) in [7, 11) is 0. The number of rotatable bonds is 3. The van der Waals surface area contributed by atoms with E-state index in [1.807, 2.05) is 0 Å². The lowest BCUT2D eigenvalue weighted by molar-refractivity contribution is 0.0689. The first-order valence-electron chi connectivity index (χ1n) is 6.00. The third-order valence-electron chi connectivity index (χ3n) is 3.55. The molecular formula is C13H19NO3. The van der Waals surface area contributed by atoms with E-state index in [-0.39, 0.29) is 5.56 Å². The predicted molar refractivity (Wildman–Crippen MR) is 64.0 cm³/mol. The summed E-state index contributed by atoms with van der Waals surface area (Å²) in [5, 5.41) is 8.99. The highest BCUT2D eigenvalue weighted by Gasteiger charge is 2.26. The van der Waals surface area contributed by atoms with Crippen molar-refractivity contribution >= 4 is 5.97 Å². The van der Waals surface area contributed by atoms with Crippen molar-refractivity contribution in [1.82, 2.24) is 4.90 Å². The Balaban J connectivity index is 1.98. The molecule has 0 aliphatic carbocycles. The molecule has 1 fully saturated rings. The molecule has 0 radical (unpaired) electrons. The summed E-state index contributed by atoms with van der Waals surface area (Å²) in [6.45, 7) is 7.17. The van der Waals surface area contributed by atoms with Crippen LogP contribution in [0.4, 0.5) is 0 Å². The summed E-state index contributed by atoms with van der Waals surface area (Å²) in [4.78, 5) is 13.2. The van der Waals surface area contributed by atoms with Crippen molar-refractivity contribution in [3.8, 4) is 0 Å². The smallest absolute Gasteiger partial charge is 0.339 e. The van der Waals surface area contributed by atoms with E-state index in [2.05, 4.69) is 18.7 Å². The molecule has 1 aromatic heterocycles. The second kappa shape index (κ2) is 4.53. The molecule has 1 aliphatic rings. The molecule has 0 spiro atoms. The maximum atomic E-state index is 10.9. The minimum Gasteiger partial charge on any atom is -0.478 e. The molecule has 0 unspecified atom stereocenters. The van der Waals surface area contributed by atoms with E-state index in [9.17, 15) is 4.79 Å². The molecular weight excluding hydrogens is 218 g/mol. The monoisotopic (exact) mass is 237 g/mol. The van der Waals surface area contributed by atoms with Crippen LogP contribution < -0.4 is 0 Å². The van der Waals surface area contributed by atoms with Gasteiger partial charge >= 0.3 is 5.97 Å². The van der Waals surface area contributed by atoms with Crippen LogP contribution in [-0.4, -0.2) is 29.1 Å². The van der Waals surface area contributed by atoms with Crippen molar-refractivity contribution in [2.45, 2.75) is 33.2 Å². The number of carbonyl (C=O) groups is 1. The fourth-order valence-corrected chi connectivity index (χ4v) is 2.17. The maximum Gasteiger partial charge on any atom is 0.339 e. The Bertz CT molecular complexity index is 399. The number of furan rings is 1. The SMILES string of the molecule is CC1(C)CCN(Cc2occc2C(=O)O)CC1. The molecule has 1 saturated heterocycles.